The van der Waals surface area contributed by atoms with Gasteiger partial charge in [0.1, 0.15) is 5.82 Å². The second kappa shape index (κ2) is 5.90. The molecule has 0 amide bonds. The summed E-state index contributed by atoms with van der Waals surface area (Å²) >= 11 is 3.23. The van der Waals surface area contributed by atoms with Gasteiger partial charge >= 0.3 is 0 Å². The van der Waals surface area contributed by atoms with Crippen LogP contribution >= 0.6 is 15.9 Å². The molecular weight excluding hydrogens is 307 g/mol. The number of nitrogens with zero attached hydrogens (tertiary/aromatic N) is 1. The van der Waals surface area contributed by atoms with Crippen LogP contribution in [0, 0.1) is 11.2 Å². The lowest BCUT2D eigenvalue weighted by Gasteiger charge is -2.42. The molecule has 0 aromatic heterocycles. The maximum absolute atomic E-state index is 13.8. The van der Waals surface area contributed by atoms with Crippen LogP contribution in [-0.4, -0.2) is 31.1 Å². The highest BCUT2D eigenvalue weighted by Gasteiger charge is 2.32. The molecule has 2 nitrogen and oxygen atoms in total. The van der Waals surface area contributed by atoms with Gasteiger partial charge in [0.2, 0.25) is 0 Å². The van der Waals surface area contributed by atoms with Crippen LogP contribution in [0.1, 0.15) is 32.4 Å². The molecule has 0 saturated carbocycles. The molecule has 0 radical (unpaired) electrons. The van der Waals surface area contributed by atoms with Gasteiger partial charge in [-0.05, 0) is 39.0 Å². The van der Waals surface area contributed by atoms with Gasteiger partial charge in [-0.1, -0.05) is 26.8 Å². The van der Waals surface area contributed by atoms with E-state index in [1.165, 1.54) is 0 Å². The first-order valence-electron chi connectivity index (χ1n) is 6.79. The lowest BCUT2D eigenvalue weighted by Crippen LogP contribution is -2.48. The topological polar surface area (TPSA) is 15.3 Å². The predicted molar refractivity (Wildman–Crippen MR) is 80.7 cm³/mol. The molecule has 1 atom stereocenters. The van der Waals surface area contributed by atoms with Crippen molar-refractivity contribution in [2.45, 2.75) is 26.8 Å². The van der Waals surface area contributed by atoms with Crippen LogP contribution < -0.4 is 5.32 Å². The van der Waals surface area contributed by atoms with Crippen LogP contribution in [0.5, 0.6) is 0 Å². The Morgan fingerprint density at radius 2 is 1.89 bits per heavy atom. The highest BCUT2D eigenvalue weighted by Crippen LogP contribution is 2.38. The molecule has 19 heavy (non-hydrogen) atoms. The molecule has 0 aliphatic carbocycles. The number of benzene rings is 1. The van der Waals surface area contributed by atoms with E-state index in [1.807, 2.05) is 12.1 Å². The Labute approximate surface area is 123 Å². The van der Waals surface area contributed by atoms with Gasteiger partial charge in [0, 0.05) is 32.2 Å². The van der Waals surface area contributed by atoms with Crippen molar-refractivity contribution < 1.29 is 4.39 Å². The van der Waals surface area contributed by atoms with E-state index in [2.05, 4.69) is 46.9 Å². The SMILES string of the molecule is CC(C)(C)[C@@H](c1ccc(Br)c(F)c1)N1CCNCC1. The highest BCUT2D eigenvalue weighted by molar-refractivity contribution is 9.10. The van der Waals surface area contributed by atoms with E-state index in [4.69, 9.17) is 0 Å². The fraction of sp³-hybridized carbons (Fsp3) is 0.600. The van der Waals surface area contributed by atoms with E-state index in [1.54, 1.807) is 6.07 Å². The van der Waals surface area contributed by atoms with Gasteiger partial charge in [-0.3, -0.25) is 4.90 Å². The Kier molecular flexibility index (Phi) is 4.64. The summed E-state index contributed by atoms with van der Waals surface area (Å²) in [6.45, 7) is 10.7. The molecule has 1 aliphatic rings. The molecule has 0 bridgehead atoms. The third-order valence-corrected chi connectivity index (χ3v) is 4.24. The molecule has 1 aromatic rings. The van der Waals surface area contributed by atoms with E-state index in [0.717, 1.165) is 31.7 Å². The van der Waals surface area contributed by atoms with Crippen molar-refractivity contribution in [3.8, 4) is 0 Å². The molecule has 0 unspecified atom stereocenters. The summed E-state index contributed by atoms with van der Waals surface area (Å²) < 4.78 is 14.3. The number of rotatable bonds is 2. The molecule has 4 heteroatoms. The van der Waals surface area contributed by atoms with E-state index < -0.39 is 0 Å². The van der Waals surface area contributed by atoms with E-state index in [0.29, 0.717) is 4.47 Å². The van der Waals surface area contributed by atoms with Crippen LogP contribution in [0.3, 0.4) is 0 Å². The molecule has 1 aromatic carbocycles. The second-order valence-electron chi connectivity index (χ2n) is 6.23. The first kappa shape index (κ1) is 14.9. The second-order valence-corrected chi connectivity index (χ2v) is 7.08. The van der Waals surface area contributed by atoms with Gasteiger partial charge in [-0.2, -0.15) is 0 Å². The molecule has 1 saturated heterocycles. The largest absolute Gasteiger partial charge is 0.314 e. The third kappa shape index (κ3) is 3.56. The van der Waals surface area contributed by atoms with Gasteiger partial charge in [0.25, 0.3) is 0 Å². The van der Waals surface area contributed by atoms with Gasteiger partial charge in [-0.25, -0.2) is 4.39 Å². The first-order valence-corrected chi connectivity index (χ1v) is 7.58. The minimum Gasteiger partial charge on any atom is -0.314 e. The van der Waals surface area contributed by atoms with Gasteiger partial charge < -0.3 is 5.32 Å². The Hall–Kier alpha value is -0.450. The summed E-state index contributed by atoms with van der Waals surface area (Å²) in [6, 6.07) is 5.76. The minimum atomic E-state index is -0.179. The van der Waals surface area contributed by atoms with Crippen LogP contribution in [0.25, 0.3) is 0 Å². The maximum Gasteiger partial charge on any atom is 0.137 e. The lowest BCUT2D eigenvalue weighted by molar-refractivity contribution is 0.0860. The van der Waals surface area contributed by atoms with Crippen molar-refractivity contribution in [1.29, 1.82) is 0 Å². The number of hydrogen-bond acceptors (Lipinski definition) is 2. The zero-order chi connectivity index (χ0) is 14.0. The molecule has 1 fully saturated rings. The van der Waals surface area contributed by atoms with Crippen molar-refractivity contribution in [2.75, 3.05) is 26.2 Å². The molecule has 1 heterocycles. The van der Waals surface area contributed by atoms with E-state index >= 15 is 0 Å². The quantitative estimate of drug-likeness (QED) is 0.892. The Morgan fingerprint density at radius 3 is 2.42 bits per heavy atom. The predicted octanol–water partition coefficient (Wildman–Crippen LogP) is 3.58. The summed E-state index contributed by atoms with van der Waals surface area (Å²) in [5.74, 6) is -0.179. The minimum absolute atomic E-state index is 0.0810. The third-order valence-electron chi connectivity index (χ3n) is 3.60. The molecular formula is C15H22BrFN2. The summed E-state index contributed by atoms with van der Waals surface area (Å²) in [6.07, 6.45) is 0. The van der Waals surface area contributed by atoms with Crippen molar-refractivity contribution >= 4 is 15.9 Å². The first-order chi connectivity index (χ1) is 8.89. The summed E-state index contributed by atoms with van der Waals surface area (Å²) in [5, 5.41) is 3.37. The molecule has 1 aliphatic heterocycles. The summed E-state index contributed by atoms with van der Waals surface area (Å²) in [7, 11) is 0. The maximum atomic E-state index is 13.8. The number of nitrogens with one attached hydrogen (secondary N) is 1. The monoisotopic (exact) mass is 328 g/mol. The van der Waals surface area contributed by atoms with Crippen molar-refractivity contribution in [3.05, 3.63) is 34.1 Å². The smallest absolute Gasteiger partial charge is 0.137 e. The van der Waals surface area contributed by atoms with Gasteiger partial charge in [0.05, 0.1) is 4.47 Å². The van der Waals surface area contributed by atoms with Crippen LogP contribution in [0.15, 0.2) is 22.7 Å². The van der Waals surface area contributed by atoms with Gasteiger partial charge in [-0.15, -0.1) is 0 Å². The zero-order valence-corrected chi connectivity index (χ0v) is 13.4. The van der Waals surface area contributed by atoms with Crippen LogP contribution in [0.2, 0.25) is 0 Å². The Bertz CT molecular complexity index is 436. The lowest BCUT2D eigenvalue weighted by atomic mass is 9.81. The summed E-state index contributed by atoms with van der Waals surface area (Å²) in [5.41, 5.74) is 1.15. The molecule has 0 spiro atoms. The van der Waals surface area contributed by atoms with Crippen LogP contribution in [-0.2, 0) is 0 Å². The standard InChI is InChI=1S/C15H22BrFN2/c1-15(2,3)14(19-8-6-18-7-9-19)11-4-5-12(16)13(17)10-11/h4-5,10,14,18H,6-9H2,1-3H3/t14-/m1/s1. The van der Waals surface area contributed by atoms with E-state index in [9.17, 15) is 4.39 Å². The van der Waals surface area contributed by atoms with Crippen LogP contribution in [0.4, 0.5) is 4.39 Å². The normalized spacial score (nSPS) is 19.4. The fourth-order valence-electron chi connectivity index (χ4n) is 2.88. The number of hydrogen-bond donors (Lipinski definition) is 1. The average molecular weight is 329 g/mol. The average Bonchev–Trinajstić information content (AvgIpc) is 2.34. The fourth-order valence-corrected chi connectivity index (χ4v) is 3.13. The number of halogens is 2. The van der Waals surface area contributed by atoms with E-state index in [-0.39, 0.29) is 17.3 Å². The Balaban J connectivity index is 2.33. The summed E-state index contributed by atoms with van der Waals surface area (Å²) in [4.78, 5) is 2.46. The Morgan fingerprint density at radius 1 is 1.26 bits per heavy atom. The van der Waals surface area contributed by atoms with Crippen molar-refractivity contribution in [3.63, 3.8) is 0 Å². The molecule has 106 valence electrons. The zero-order valence-electron chi connectivity index (χ0n) is 11.8. The molecule has 1 N–H and O–H groups in total. The van der Waals surface area contributed by atoms with Crippen molar-refractivity contribution in [2.24, 2.45) is 5.41 Å². The van der Waals surface area contributed by atoms with Crippen molar-refractivity contribution in [1.82, 2.24) is 10.2 Å². The molecule has 2 rings (SSSR count). The highest BCUT2D eigenvalue weighted by atomic mass is 79.9. The number of piperazine rings is 1. The van der Waals surface area contributed by atoms with Gasteiger partial charge in [0.15, 0.2) is 0 Å².